The number of rotatable bonds is 3. The molecule has 2 N–H and O–H groups in total. The third-order valence-electron chi connectivity index (χ3n) is 3.23. The number of amides is 1. The molecular formula is C16H16N2O3. The summed E-state index contributed by atoms with van der Waals surface area (Å²) in [5, 5.41) is 2.69. The zero-order valence-electron chi connectivity index (χ0n) is 12.1. The fourth-order valence-corrected chi connectivity index (χ4v) is 2.02. The molecule has 2 aromatic rings. The molecule has 108 valence electrons. The first kappa shape index (κ1) is 14.7. The third kappa shape index (κ3) is 3.25. The number of hydrogen-bond donors (Lipinski definition) is 2. The highest BCUT2D eigenvalue weighted by Crippen LogP contribution is 2.14. The summed E-state index contributed by atoms with van der Waals surface area (Å²) in [6, 6.07) is 6.57. The van der Waals surface area contributed by atoms with Crippen LogP contribution < -0.4 is 10.9 Å². The molecule has 1 amide bonds. The van der Waals surface area contributed by atoms with Crippen LogP contribution in [0, 0.1) is 13.8 Å². The summed E-state index contributed by atoms with van der Waals surface area (Å²) in [4.78, 5) is 37.5. The van der Waals surface area contributed by atoms with Crippen LogP contribution in [-0.4, -0.2) is 16.7 Å². The standard InChI is InChI=1S/C16H16N2O3/c1-9-4-5-12(7-14(9)11(3)19)16(21)18-13-6-10(2)15(20)17-8-13/h4-8H,1-3H3,(H,17,20)(H,18,21). The molecule has 0 radical (unpaired) electrons. The predicted molar refractivity (Wildman–Crippen MR) is 80.9 cm³/mol. The Morgan fingerprint density at radius 2 is 1.81 bits per heavy atom. The molecule has 0 aliphatic heterocycles. The Morgan fingerprint density at radius 1 is 1.10 bits per heavy atom. The van der Waals surface area contributed by atoms with Crippen LogP contribution in [-0.2, 0) is 0 Å². The van der Waals surface area contributed by atoms with E-state index in [4.69, 9.17) is 0 Å². The van der Waals surface area contributed by atoms with Crippen LogP contribution in [0.1, 0.15) is 38.8 Å². The van der Waals surface area contributed by atoms with Crippen molar-refractivity contribution in [2.75, 3.05) is 5.32 Å². The van der Waals surface area contributed by atoms with E-state index in [0.717, 1.165) is 5.56 Å². The molecule has 1 aromatic carbocycles. The van der Waals surface area contributed by atoms with Crippen molar-refractivity contribution in [3.05, 3.63) is 63.1 Å². The zero-order chi connectivity index (χ0) is 15.6. The number of carbonyl (C=O) groups excluding carboxylic acids is 2. The van der Waals surface area contributed by atoms with Gasteiger partial charge in [0.1, 0.15) is 0 Å². The van der Waals surface area contributed by atoms with Gasteiger partial charge in [-0.2, -0.15) is 0 Å². The summed E-state index contributed by atoms with van der Waals surface area (Å²) < 4.78 is 0. The van der Waals surface area contributed by atoms with Gasteiger partial charge in [0.2, 0.25) is 0 Å². The van der Waals surface area contributed by atoms with Crippen LogP contribution in [0.25, 0.3) is 0 Å². The Kier molecular flexibility index (Phi) is 4.03. The number of hydrogen-bond acceptors (Lipinski definition) is 3. The van der Waals surface area contributed by atoms with Gasteiger partial charge in [-0.15, -0.1) is 0 Å². The molecule has 0 saturated carbocycles. The summed E-state index contributed by atoms with van der Waals surface area (Å²) in [5.74, 6) is -0.411. The molecular weight excluding hydrogens is 268 g/mol. The Bertz CT molecular complexity index is 775. The van der Waals surface area contributed by atoms with Crippen molar-refractivity contribution in [3.8, 4) is 0 Å². The van der Waals surface area contributed by atoms with Crippen molar-refractivity contribution in [1.29, 1.82) is 0 Å². The molecule has 1 heterocycles. The maximum absolute atomic E-state index is 12.2. The normalized spacial score (nSPS) is 10.2. The van der Waals surface area contributed by atoms with Gasteiger partial charge in [0.25, 0.3) is 11.5 Å². The summed E-state index contributed by atoms with van der Waals surface area (Å²) >= 11 is 0. The van der Waals surface area contributed by atoms with Crippen LogP contribution in [0.4, 0.5) is 5.69 Å². The molecule has 0 saturated heterocycles. The molecule has 5 nitrogen and oxygen atoms in total. The lowest BCUT2D eigenvalue weighted by Crippen LogP contribution is -2.16. The van der Waals surface area contributed by atoms with E-state index in [1.54, 1.807) is 31.2 Å². The molecule has 0 fully saturated rings. The van der Waals surface area contributed by atoms with E-state index in [9.17, 15) is 14.4 Å². The van der Waals surface area contributed by atoms with Crippen molar-refractivity contribution in [3.63, 3.8) is 0 Å². The number of ketones is 1. The van der Waals surface area contributed by atoms with Crippen molar-refractivity contribution < 1.29 is 9.59 Å². The van der Waals surface area contributed by atoms with Crippen LogP contribution >= 0.6 is 0 Å². The minimum atomic E-state index is -0.330. The number of nitrogens with one attached hydrogen (secondary N) is 2. The smallest absolute Gasteiger partial charge is 0.255 e. The highest BCUT2D eigenvalue weighted by molar-refractivity contribution is 6.06. The predicted octanol–water partition coefficient (Wildman–Crippen LogP) is 2.45. The first-order valence-corrected chi connectivity index (χ1v) is 6.51. The average Bonchev–Trinajstić information content (AvgIpc) is 2.43. The lowest BCUT2D eigenvalue weighted by Gasteiger charge is -2.08. The van der Waals surface area contributed by atoms with Crippen molar-refractivity contribution in [1.82, 2.24) is 4.98 Å². The highest BCUT2D eigenvalue weighted by Gasteiger charge is 2.11. The van der Waals surface area contributed by atoms with E-state index in [2.05, 4.69) is 10.3 Å². The van der Waals surface area contributed by atoms with Crippen LogP contribution in [0.5, 0.6) is 0 Å². The SMILES string of the molecule is CC(=O)c1cc(C(=O)Nc2c[nH]c(=O)c(C)c2)ccc1C. The summed E-state index contributed by atoms with van der Waals surface area (Å²) in [6.45, 7) is 4.95. The maximum atomic E-state index is 12.2. The summed E-state index contributed by atoms with van der Waals surface area (Å²) in [7, 11) is 0. The highest BCUT2D eigenvalue weighted by atomic mass is 16.2. The molecule has 1 aromatic heterocycles. The Balaban J connectivity index is 2.28. The van der Waals surface area contributed by atoms with Crippen LogP contribution in [0.3, 0.4) is 0 Å². The van der Waals surface area contributed by atoms with Gasteiger partial charge in [0, 0.05) is 22.9 Å². The van der Waals surface area contributed by atoms with Gasteiger partial charge >= 0.3 is 0 Å². The zero-order valence-corrected chi connectivity index (χ0v) is 12.1. The first-order chi connectivity index (χ1) is 9.88. The summed E-state index contributed by atoms with van der Waals surface area (Å²) in [6.07, 6.45) is 1.44. The third-order valence-corrected chi connectivity index (χ3v) is 3.23. The lowest BCUT2D eigenvalue weighted by atomic mass is 10.0. The number of Topliss-reactive ketones (excluding diaryl/α,β-unsaturated/α-hetero) is 1. The molecule has 0 atom stereocenters. The second-order valence-electron chi connectivity index (χ2n) is 4.94. The molecule has 0 unspecified atom stereocenters. The largest absolute Gasteiger partial charge is 0.327 e. The Morgan fingerprint density at radius 3 is 2.43 bits per heavy atom. The van der Waals surface area contributed by atoms with Crippen molar-refractivity contribution in [2.45, 2.75) is 20.8 Å². The Labute approximate surface area is 122 Å². The lowest BCUT2D eigenvalue weighted by molar-refractivity contribution is 0.101. The van der Waals surface area contributed by atoms with Gasteiger partial charge in [0.05, 0.1) is 5.69 Å². The molecule has 0 bridgehead atoms. The second kappa shape index (κ2) is 5.75. The number of H-pyrrole nitrogens is 1. The monoisotopic (exact) mass is 284 g/mol. The number of aromatic amines is 1. The average molecular weight is 284 g/mol. The van der Waals surface area contributed by atoms with E-state index in [1.165, 1.54) is 13.1 Å². The van der Waals surface area contributed by atoms with Crippen LogP contribution in [0.15, 0.2) is 35.3 Å². The number of aromatic nitrogens is 1. The van der Waals surface area contributed by atoms with Crippen molar-refractivity contribution in [2.24, 2.45) is 0 Å². The maximum Gasteiger partial charge on any atom is 0.255 e. The number of aryl methyl sites for hydroxylation is 2. The molecule has 0 aliphatic carbocycles. The fourth-order valence-electron chi connectivity index (χ4n) is 2.02. The molecule has 2 rings (SSSR count). The summed E-state index contributed by atoms with van der Waals surface area (Å²) in [5.41, 5.74) is 2.58. The minimum absolute atomic E-state index is 0.0814. The Hall–Kier alpha value is -2.69. The van der Waals surface area contributed by atoms with Crippen LogP contribution in [0.2, 0.25) is 0 Å². The van der Waals surface area contributed by atoms with Gasteiger partial charge in [-0.05, 0) is 44.5 Å². The van der Waals surface area contributed by atoms with Crippen molar-refractivity contribution >= 4 is 17.4 Å². The number of pyridine rings is 1. The van der Waals surface area contributed by atoms with Gasteiger partial charge in [0.15, 0.2) is 5.78 Å². The van der Waals surface area contributed by atoms with Gasteiger partial charge in [-0.1, -0.05) is 6.07 Å². The minimum Gasteiger partial charge on any atom is -0.327 e. The molecule has 21 heavy (non-hydrogen) atoms. The van der Waals surface area contributed by atoms with E-state index >= 15 is 0 Å². The molecule has 0 aliphatic rings. The number of benzene rings is 1. The van der Waals surface area contributed by atoms with E-state index in [0.29, 0.717) is 22.4 Å². The van der Waals surface area contributed by atoms with Gasteiger partial charge in [-0.25, -0.2) is 0 Å². The molecule has 5 heteroatoms. The second-order valence-corrected chi connectivity index (χ2v) is 4.94. The van der Waals surface area contributed by atoms with E-state index in [1.807, 2.05) is 6.92 Å². The number of anilines is 1. The molecule has 0 spiro atoms. The van der Waals surface area contributed by atoms with Gasteiger partial charge in [-0.3, -0.25) is 14.4 Å². The van der Waals surface area contributed by atoms with Gasteiger partial charge < -0.3 is 10.3 Å². The van der Waals surface area contributed by atoms with E-state index < -0.39 is 0 Å². The first-order valence-electron chi connectivity index (χ1n) is 6.51. The topological polar surface area (TPSA) is 79.0 Å². The number of carbonyl (C=O) groups is 2. The van der Waals surface area contributed by atoms with E-state index in [-0.39, 0.29) is 17.2 Å². The fraction of sp³-hybridized carbons (Fsp3) is 0.188. The quantitative estimate of drug-likeness (QED) is 0.850.